The van der Waals surface area contributed by atoms with Gasteiger partial charge >= 0.3 is 0 Å². The Morgan fingerprint density at radius 2 is 2.18 bits per heavy atom. The molecule has 4 heteroatoms. The molecule has 0 radical (unpaired) electrons. The Morgan fingerprint density at radius 3 is 2.82 bits per heavy atom. The third-order valence-corrected chi connectivity index (χ3v) is 3.69. The van der Waals surface area contributed by atoms with E-state index in [9.17, 15) is 4.79 Å². The van der Waals surface area contributed by atoms with E-state index in [2.05, 4.69) is 27.8 Å². The molecule has 1 aromatic heterocycles. The number of halogens is 1. The number of nitrogens with zero attached hydrogens (tertiary/aromatic N) is 2. The van der Waals surface area contributed by atoms with Gasteiger partial charge in [0.15, 0.2) is 0 Å². The van der Waals surface area contributed by atoms with Gasteiger partial charge < -0.3 is 4.90 Å². The Labute approximate surface area is 110 Å². The van der Waals surface area contributed by atoms with Crippen LogP contribution in [0.1, 0.15) is 25.3 Å². The van der Waals surface area contributed by atoms with Gasteiger partial charge in [0.2, 0.25) is 5.91 Å². The summed E-state index contributed by atoms with van der Waals surface area (Å²) in [6.07, 6.45) is 6.21. The van der Waals surface area contributed by atoms with E-state index in [0.29, 0.717) is 6.42 Å². The summed E-state index contributed by atoms with van der Waals surface area (Å²) in [5.41, 5.74) is 0.975. The fourth-order valence-electron chi connectivity index (χ4n) is 2.10. The zero-order valence-electron chi connectivity index (χ0n) is 10.0. The Hall–Kier alpha value is -0.900. The number of likely N-dealkylation sites (tertiary alicyclic amines) is 1. The number of carbonyl (C=O) groups excluding carboxylic acids is 1. The number of rotatable bonds is 2. The standard InChI is InChI=1S/C13H17BrN2O/c1-10-2-4-16(5-3-10)13(17)7-11-6-12(14)9-15-8-11/h6,8-10H,2-5,7H2,1H3. The Morgan fingerprint density at radius 1 is 1.47 bits per heavy atom. The second-order valence-electron chi connectivity index (χ2n) is 4.75. The van der Waals surface area contributed by atoms with Crippen molar-refractivity contribution < 1.29 is 4.79 Å². The highest BCUT2D eigenvalue weighted by molar-refractivity contribution is 9.10. The lowest BCUT2D eigenvalue weighted by Gasteiger charge is -2.30. The minimum atomic E-state index is 0.219. The van der Waals surface area contributed by atoms with E-state index in [1.807, 2.05) is 11.0 Å². The quantitative estimate of drug-likeness (QED) is 0.841. The van der Waals surface area contributed by atoms with E-state index >= 15 is 0 Å². The van der Waals surface area contributed by atoms with Crippen molar-refractivity contribution >= 4 is 21.8 Å². The average molecular weight is 297 g/mol. The van der Waals surface area contributed by atoms with Crippen molar-refractivity contribution in [2.45, 2.75) is 26.2 Å². The van der Waals surface area contributed by atoms with Gasteiger partial charge in [0, 0.05) is 30.0 Å². The van der Waals surface area contributed by atoms with Crippen molar-refractivity contribution in [3.8, 4) is 0 Å². The molecule has 0 spiro atoms. The van der Waals surface area contributed by atoms with E-state index in [1.54, 1.807) is 12.4 Å². The van der Waals surface area contributed by atoms with Crippen molar-refractivity contribution in [1.82, 2.24) is 9.88 Å². The molecule has 0 aromatic carbocycles. The van der Waals surface area contributed by atoms with E-state index in [0.717, 1.165) is 41.9 Å². The fraction of sp³-hybridized carbons (Fsp3) is 0.538. The van der Waals surface area contributed by atoms with E-state index in [-0.39, 0.29) is 5.91 Å². The van der Waals surface area contributed by atoms with Gasteiger partial charge in [-0.2, -0.15) is 0 Å². The second-order valence-corrected chi connectivity index (χ2v) is 5.67. The summed E-state index contributed by atoms with van der Waals surface area (Å²) < 4.78 is 0.926. The van der Waals surface area contributed by atoms with Gasteiger partial charge in [-0.05, 0) is 46.3 Å². The summed E-state index contributed by atoms with van der Waals surface area (Å²) >= 11 is 3.37. The van der Waals surface area contributed by atoms with Gasteiger partial charge in [0.1, 0.15) is 0 Å². The fourth-order valence-corrected chi connectivity index (χ4v) is 2.51. The molecule has 1 fully saturated rings. The van der Waals surface area contributed by atoms with Crippen LogP contribution in [0, 0.1) is 5.92 Å². The minimum absolute atomic E-state index is 0.219. The SMILES string of the molecule is CC1CCN(C(=O)Cc2cncc(Br)c2)CC1. The molecule has 0 N–H and O–H groups in total. The maximum Gasteiger partial charge on any atom is 0.227 e. The largest absolute Gasteiger partial charge is 0.342 e. The molecule has 0 unspecified atom stereocenters. The molecule has 0 atom stereocenters. The van der Waals surface area contributed by atoms with Crippen molar-refractivity contribution in [2.24, 2.45) is 5.92 Å². The first kappa shape index (κ1) is 12.6. The molecule has 1 aromatic rings. The Bertz CT molecular complexity index is 400. The smallest absolute Gasteiger partial charge is 0.227 e. The Kier molecular flexibility index (Phi) is 4.15. The van der Waals surface area contributed by atoms with E-state index in [1.165, 1.54) is 0 Å². The van der Waals surface area contributed by atoms with E-state index < -0.39 is 0 Å². The molecule has 92 valence electrons. The highest BCUT2D eigenvalue weighted by Crippen LogP contribution is 2.17. The zero-order valence-corrected chi connectivity index (χ0v) is 11.6. The first-order valence-electron chi connectivity index (χ1n) is 6.02. The zero-order chi connectivity index (χ0) is 12.3. The topological polar surface area (TPSA) is 33.2 Å². The summed E-state index contributed by atoms with van der Waals surface area (Å²) in [6.45, 7) is 4.06. The van der Waals surface area contributed by atoms with Crippen LogP contribution >= 0.6 is 15.9 Å². The summed E-state index contributed by atoms with van der Waals surface area (Å²) in [7, 11) is 0. The monoisotopic (exact) mass is 296 g/mol. The van der Waals surface area contributed by atoms with Crippen molar-refractivity contribution in [3.05, 3.63) is 28.5 Å². The predicted octanol–water partition coefficient (Wildman–Crippen LogP) is 2.65. The third kappa shape index (κ3) is 3.53. The maximum absolute atomic E-state index is 12.1. The number of hydrogen-bond acceptors (Lipinski definition) is 2. The normalized spacial score (nSPS) is 17.2. The third-order valence-electron chi connectivity index (χ3n) is 3.25. The molecule has 1 amide bonds. The van der Waals surface area contributed by atoms with Crippen LogP contribution in [0.4, 0.5) is 0 Å². The van der Waals surface area contributed by atoms with Crippen LogP contribution in [0.25, 0.3) is 0 Å². The molecule has 2 rings (SSSR count). The Balaban J connectivity index is 1.93. The summed E-state index contributed by atoms with van der Waals surface area (Å²) in [6, 6.07) is 1.96. The number of pyridine rings is 1. The van der Waals surface area contributed by atoms with Gasteiger partial charge in [0.25, 0.3) is 0 Å². The molecule has 1 aliphatic heterocycles. The molecule has 0 aliphatic carbocycles. The van der Waals surface area contributed by atoms with Crippen LogP contribution < -0.4 is 0 Å². The van der Waals surface area contributed by atoms with Crippen LogP contribution in [-0.4, -0.2) is 28.9 Å². The lowest BCUT2D eigenvalue weighted by molar-refractivity contribution is -0.131. The molecular formula is C13H17BrN2O. The van der Waals surface area contributed by atoms with Crippen molar-refractivity contribution in [1.29, 1.82) is 0 Å². The van der Waals surface area contributed by atoms with Crippen LogP contribution in [0.15, 0.2) is 22.9 Å². The minimum Gasteiger partial charge on any atom is -0.342 e. The van der Waals surface area contributed by atoms with Crippen molar-refractivity contribution in [3.63, 3.8) is 0 Å². The van der Waals surface area contributed by atoms with Crippen LogP contribution in [0.5, 0.6) is 0 Å². The van der Waals surface area contributed by atoms with Gasteiger partial charge in [-0.1, -0.05) is 6.92 Å². The lowest BCUT2D eigenvalue weighted by atomic mass is 9.99. The van der Waals surface area contributed by atoms with Gasteiger partial charge in [0.05, 0.1) is 6.42 Å². The van der Waals surface area contributed by atoms with Crippen LogP contribution in [0.2, 0.25) is 0 Å². The van der Waals surface area contributed by atoms with Gasteiger partial charge in [-0.25, -0.2) is 0 Å². The predicted molar refractivity (Wildman–Crippen MR) is 70.6 cm³/mol. The molecule has 1 saturated heterocycles. The molecule has 0 bridgehead atoms. The molecule has 1 aliphatic rings. The second kappa shape index (κ2) is 5.63. The summed E-state index contributed by atoms with van der Waals surface area (Å²) in [5, 5.41) is 0. The average Bonchev–Trinajstić information content (AvgIpc) is 2.29. The highest BCUT2D eigenvalue weighted by Gasteiger charge is 2.20. The molecular weight excluding hydrogens is 280 g/mol. The van der Waals surface area contributed by atoms with E-state index in [4.69, 9.17) is 0 Å². The molecule has 0 saturated carbocycles. The number of amides is 1. The van der Waals surface area contributed by atoms with Crippen molar-refractivity contribution in [2.75, 3.05) is 13.1 Å². The number of hydrogen-bond donors (Lipinski definition) is 0. The lowest BCUT2D eigenvalue weighted by Crippen LogP contribution is -2.38. The molecule has 2 heterocycles. The van der Waals surface area contributed by atoms with Crippen LogP contribution in [0.3, 0.4) is 0 Å². The van der Waals surface area contributed by atoms with Gasteiger partial charge in [-0.15, -0.1) is 0 Å². The summed E-state index contributed by atoms with van der Waals surface area (Å²) in [5.74, 6) is 0.975. The first-order valence-corrected chi connectivity index (χ1v) is 6.81. The molecule has 17 heavy (non-hydrogen) atoms. The number of piperidine rings is 1. The van der Waals surface area contributed by atoms with Crippen LogP contribution in [-0.2, 0) is 11.2 Å². The first-order chi connectivity index (χ1) is 8.15. The number of carbonyl (C=O) groups is 1. The van der Waals surface area contributed by atoms with Gasteiger partial charge in [-0.3, -0.25) is 9.78 Å². The highest BCUT2D eigenvalue weighted by atomic mass is 79.9. The maximum atomic E-state index is 12.1. The molecule has 3 nitrogen and oxygen atoms in total. The number of aromatic nitrogens is 1. The summed E-state index contributed by atoms with van der Waals surface area (Å²) in [4.78, 5) is 18.1.